The molecule has 16 heteroatoms. The Kier molecular flexibility index (Phi) is 8.84. The molecule has 1 saturated heterocycles. The highest BCUT2D eigenvalue weighted by Gasteiger charge is 2.62. The Hall–Kier alpha value is -3.92. The lowest BCUT2D eigenvalue weighted by atomic mass is 9.93. The zero-order valence-corrected chi connectivity index (χ0v) is 27.0. The number of nitrogens with one attached hydrogen (secondary N) is 2. The molecule has 2 aliphatic heterocycles. The molecule has 1 aliphatic carbocycles. The fourth-order valence-corrected chi connectivity index (χ4v) is 7.25. The number of pyridine rings is 2. The van der Waals surface area contributed by atoms with Crippen molar-refractivity contribution < 1.29 is 35.9 Å². The molecule has 0 radical (unpaired) electrons. The molecule has 2 N–H and O–H groups in total. The number of sulfonamides is 1. The Bertz CT molecular complexity index is 1730. The van der Waals surface area contributed by atoms with Crippen molar-refractivity contribution in [3.63, 3.8) is 0 Å². The molecule has 12 nitrogen and oxygen atoms in total. The van der Waals surface area contributed by atoms with Crippen molar-refractivity contribution in [2.75, 3.05) is 43.1 Å². The number of hydrogen-bond donors (Lipinski definition) is 2. The van der Waals surface area contributed by atoms with Crippen LogP contribution in [0.25, 0.3) is 5.82 Å². The number of nitrogens with zero attached hydrogens (tertiary/aromatic N) is 5. The summed E-state index contributed by atoms with van der Waals surface area (Å²) < 4.78 is 81.4. The van der Waals surface area contributed by atoms with E-state index in [4.69, 9.17) is 14.5 Å². The van der Waals surface area contributed by atoms with Crippen LogP contribution in [0.1, 0.15) is 62.7 Å². The molecule has 3 aliphatic rings. The molecule has 3 aromatic rings. The number of hydrogen-bond acceptors (Lipinski definition) is 10. The van der Waals surface area contributed by atoms with E-state index in [1.54, 1.807) is 12.3 Å². The molecule has 1 unspecified atom stereocenters. The fraction of sp³-hybridized carbons (Fsp3) is 0.548. The second kappa shape index (κ2) is 12.6. The summed E-state index contributed by atoms with van der Waals surface area (Å²) in [6.45, 7) is 5.98. The standard InChI is InChI=1S/C31H38F3N7O5S/c1-29(2)19-21-5-4-16-45-18-14-35-23-6-3-7-26(36-23)47(43,44)39-28(42)22-8-9-24(37-27(22)40(29)20-21)41-15-10-25(38-41)46-17-13-30(11-12-30)31(32,33)34/h3,6-10,15,21H,4-5,11-14,16-20H2,1-2H3,(H,35,36)(H,39,42). The number of carbonyl (C=O) groups excluding carboxylic acids is 1. The SMILES string of the molecule is CC1(C)CC2CCCOCCNc3cccc(n3)S(=O)(=O)NC(=O)c3ccc(-n4ccc(OCCC5(C(F)(F)F)CC5)n4)nc3N1C2. The van der Waals surface area contributed by atoms with E-state index >= 15 is 0 Å². The lowest BCUT2D eigenvalue weighted by Gasteiger charge is -2.34. The van der Waals surface area contributed by atoms with Crippen molar-refractivity contribution in [2.45, 2.75) is 69.1 Å². The van der Waals surface area contributed by atoms with Gasteiger partial charge in [0.1, 0.15) is 11.6 Å². The van der Waals surface area contributed by atoms with Gasteiger partial charge in [0.05, 0.1) is 24.2 Å². The van der Waals surface area contributed by atoms with Gasteiger partial charge in [0.2, 0.25) is 5.88 Å². The van der Waals surface area contributed by atoms with Crippen molar-refractivity contribution in [3.05, 3.63) is 48.2 Å². The van der Waals surface area contributed by atoms with E-state index < -0.39 is 33.1 Å². The summed E-state index contributed by atoms with van der Waals surface area (Å²) in [5.41, 5.74) is -2.05. The first-order chi connectivity index (χ1) is 22.3. The van der Waals surface area contributed by atoms with Crippen LogP contribution in [0.3, 0.4) is 0 Å². The van der Waals surface area contributed by atoms with E-state index in [0.717, 1.165) is 19.3 Å². The zero-order chi connectivity index (χ0) is 33.5. The van der Waals surface area contributed by atoms with Crippen molar-refractivity contribution >= 4 is 27.6 Å². The van der Waals surface area contributed by atoms with E-state index in [9.17, 15) is 26.4 Å². The van der Waals surface area contributed by atoms with E-state index in [1.807, 2.05) is 18.7 Å². The largest absolute Gasteiger partial charge is 0.477 e. The summed E-state index contributed by atoms with van der Waals surface area (Å²) in [6.07, 6.45) is -0.0828. The van der Waals surface area contributed by atoms with Gasteiger partial charge in [-0.1, -0.05) is 6.07 Å². The third-order valence-corrected chi connectivity index (χ3v) is 10.3. The number of ether oxygens (including phenoxy) is 2. The molecule has 47 heavy (non-hydrogen) atoms. The monoisotopic (exact) mass is 677 g/mol. The van der Waals surface area contributed by atoms with Gasteiger partial charge >= 0.3 is 6.18 Å². The third-order valence-electron chi connectivity index (χ3n) is 9.08. The smallest absolute Gasteiger partial charge is 0.394 e. The Balaban J connectivity index is 1.29. The van der Waals surface area contributed by atoms with Crippen LogP contribution in [0.4, 0.5) is 24.8 Å². The fourth-order valence-electron chi connectivity index (χ4n) is 6.31. The highest BCUT2D eigenvalue weighted by molar-refractivity contribution is 7.90. The lowest BCUT2D eigenvalue weighted by molar-refractivity contribution is -0.190. The number of fused-ring (bicyclic) bond motifs is 6. The second-order valence-corrected chi connectivity index (χ2v) is 14.6. The molecule has 2 fully saturated rings. The molecule has 0 spiro atoms. The normalized spacial score (nSPS) is 22.3. The molecular formula is C31H38F3N7O5S. The minimum atomic E-state index is -4.35. The molecule has 1 amide bonds. The van der Waals surface area contributed by atoms with Gasteiger partial charge < -0.3 is 19.7 Å². The zero-order valence-electron chi connectivity index (χ0n) is 26.2. The summed E-state index contributed by atoms with van der Waals surface area (Å²) in [5.74, 6) is 0.478. The van der Waals surface area contributed by atoms with E-state index in [2.05, 4.69) is 20.1 Å². The molecule has 4 bridgehead atoms. The Morgan fingerprint density at radius 2 is 1.91 bits per heavy atom. The summed E-state index contributed by atoms with van der Waals surface area (Å²) in [4.78, 5) is 24.7. The Morgan fingerprint density at radius 3 is 2.68 bits per heavy atom. The van der Waals surface area contributed by atoms with Crippen molar-refractivity contribution in [1.82, 2.24) is 24.5 Å². The molecule has 0 aromatic carbocycles. The maximum absolute atomic E-state index is 13.7. The number of rotatable bonds is 5. The second-order valence-electron chi connectivity index (χ2n) is 13.0. The molecule has 3 aromatic heterocycles. The van der Waals surface area contributed by atoms with Gasteiger partial charge in [-0.15, -0.1) is 5.10 Å². The number of alkyl halides is 3. The maximum atomic E-state index is 13.7. The van der Waals surface area contributed by atoms with Crippen LogP contribution in [-0.4, -0.2) is 78.7 Å². The number of amides is 1. The van der Waals surface area contributed by atoms with Crippen LogP contribution >= 0.6 is 0 Å². The molecule has 1 atom stereocenters. The summed E-state index contributed by atoms with van der Waals surface area (Å²) >= 11 is 0. The third kappa shape index (κ3) is 7.17. The number of halogens is 3. The highest BCUT2D eigenvalue weighted by Crippen LogP contribution is 2.59. The predicted molar refractivity (Wildman–Crippen MR) is 166 cm³/mol. The summed E-state index contributed by atoms with van der Waals surface area (Å²) in [7, 11) is -4.35. The van der Waals surface area contributed by atoms with Crippen molar-refractivity contribution in [2.24, 2.45) is 11.3 Å². The van der Waals surface area contributed by atoms with Gasteiger partial charge in [0, 0.05) is 37.5 Å². The van der Waals surface area contributed by atoms with Gasteiger partial charge in [-0.25, -0.2) is 19.4 Å². The van der Waals surface area contributed by atoms with Gasteiger partial charge in [-0.2, -0.15) is 21.6 Å². The van der Waals surface area contributed by atoms with Crippen LogP contribution in [-0.2, 0) is 14.8 Å². The first-order valence-electron chi connectivity index (χ1n) is 15.7. The van der Waals surface area contributed by atoms with Crippen LogP contribution in [0.5, 0.6) is 5.88 Å². The minimum absolute atomic E-state index is 0.0512. The number of aromatic nitrogens is 4. The summed E-state index contributed by atoms with van der Waals surface area (Å²) in [6, 6.07) is 9.01. The van der Waals surface area contributed by atoms with Crippen LogP contribution in [0, 0.1) is 11.3 Å². The quantitative estimate of drug-likeness (QED) is 0.390. The molecule has 6 rings (SSSR count). The first-order valence-corrected chi connectivity index (χ1v) is 17.1. The Morgan fingerprint density at radius 1 is 1.11 bits per heavy atom. The van der Waals surface area contributed by atoms with E-state index in [0.29, 0.717) is 37.9 Å². The summed E-state index contributed by atoms with van der Waals surface area (Å²) in [5, 5.41) is 7.08. The van der Waals surface area contributed by atoms with Gasteiger partial charge in [-0.05, 0) is 82.6 Å². The average molecular weight is 678 g/mol. The van der Waals surface area contributed by atoms with Crippen LogP contribution < -0.4 is 19.7 Å². The van der Waals surface area contributed by atoms with Crippen LogP contribution in [0.15, 0.2) is 47.6 Å². The highest BCUT2D eigenvalue weighted by atomic mass is 32.2. The topological polar surface area (TPSA) is 141 Å². The van der Waals surface area contributed by atoms with Crippen molar-refractivity contribution in [3.8, 4) is 11.7 Å². The van der Waals surface area contributed by atoms with Gasteiger partial charge in [0.25, 0.3) is 15.9 Å². The van der Waals surface area contributed by atoms with Crippen LogP contribution in [0.2, 0.25) is 0 Å². The molecule has 1 saturated carbocycles. The number of carbonyl (C=O) groups is 1. The van der Waals surface area contributed by atoms with Gasteiger partial charge in [-0.3, -0.25) is 4.79 Å². The molecule has 5 heterocycles. The molecule has 254 valence electrons. The lowest BCUT2D eigenvalue weighted by Crippen LogP contribution is -2.41. The average Bonchev–Trinajstić information content (AvgIpc) is 3.56. The minimum Gasteiger partial charge on any atom is -0.477 e. The van der Waals surface area contributed by atoms with Gasteiger partial charge in [0.15, 0.2) is 10.8 Å². The number of anilines is 2. The maximum Gasteiger partial charge on any atom is 0.394 e. The predicted octanol–water partition coefficient (Wildman–Crippen LogP) is 4.72. The molecular weight excluding hydrogens is 639 g/mol. The van der Waals surface area contributed by atoms with E-state index in [-0.39, 0.29) is 54.1 Å². The van der Waals surface area contributed by atoms with Crippen molar-refractivity contribution in [1.29, 1.82) is 0 Å². The van der Waals surface area contributed by atoms with E-state index in [1.165, 1.54) is 35.0 Å². The Labute approximate surface area is 271 Å². The first kappa shape index (κ1) is 33.0.